The molecule has 3 rings (SSSR count). The summed E-state index contributed by atoms with van der Waals surface area (Å²) in [5, 5.41) is -3.13. The van der Waals surface area contributed by atoms with E-state index < -0.39 is 67.8 Å². The molecule has 0 heterocycles. The monoisotopic (exact) mass is 316 g/mol. The van der Waals surface area contributed by atoms with Crippen molar-refractivity contribution >= 4 is 32.9 Å². The molecule has 0 saturated carbocycles. The molecular weight excluding hydrogens is 310 g/mol. The van der Waals surface area contributed by atoms with E-state index in [4.69, 9.17) is 11.5 Å². The summed E-state index contributed by atoms with van der Waals surface area (Å²) >= 11 is 0. The number of halogens is 6. The van der Waals surface area contributed by atoms with Crippen LogP contribution in [-0.4, -0.2) is 0 Å². The lowest BCUT2D eigenvalue weighted by molar-refractivity contribution is 0.506. The van der Waals surface area contributed by atoms with Gasteiger partial charge in [-0.1, -0.05) is 0 Å². The van der Waals surface area contributed by atoms with E-state index in [1.54, 1.807) is 0 Å². The van der Waals surface area contributed by atoms with E-state index in [9.17, 15) is 26.3 Å². The Hall–Kier alpha value is -2.64. The number of nitrogens with two attached hydrogens (primary N) is 2. The van der Waals surface area contributed by atoms with Crippen LogP contribution < -0.4 is 11.5 Å². The molecule has 3 aromatic rings. The van der Waals surface area contributed by atoms with Crippen molar-refractivity contribution in [3.8, 4) is 0 Å². The minimum absolute atomic E-state index is 0.404. The molecular formula is C14H6F6N2. The third kappa shape index (κ3) is 1.63. The van der Waals surface area contributed by atoms with Gasteiger partial charge < -0.3 is 11.5 Å². The topological polar surface area (TPSA) is 52.0 Å². The Kier molecular flexibility index (Phi) is 2.88. The number of rotatable bonds is 0. The van der Waals surface area contributed by atoms with Gasteiger partial charge in [0.25, 0.3) is 0 Å². The van der Waals surface area contributed by atoms with Crippen LogP contribution in [0.3, 0.4) is 0 Å². The maximum atomic E-state index is 14.4. The average molecular weight is 316 g/mol. The summed E-state index contributed by atoms with van der Waals surface area (Å²) in [5.74, 6) is -9.25. The van der Waals surface area contributed by atoms with Gasteiger partial charge >= 0.3 is 0 Å². The van der Waals surface area contributed by atoms with Crippen molar-refractivity contribution in [3.05, 3.63) is 47.0 Å². The summed E-state index contributed by atoms with van der Waals surface area (Å²) in [4.78, 5) is 0. The molecule has 0 bridgehead atoms. The average Bonchev–Trinajstić information content (AvgIpc) is 2.48. The molecule has 0 spiro atoms. The molecule has 3 aromatic carbocycles. The molecule has 0 amide bonds. The van der Waals surface area contributed by atoms with Crippen LogP contribution in [0.1, 0.15) is 0 Å². The molecule has 0 fully saturated rings. The van der Waals surface area contributed by atoms with Crippen molar-refractivity contribution in [3.63, 3.8) is 0 Å². The van der Waals surface area contributed by atoms with Crippen LogP contribution in [0.4, 0.5) is 37.7 Å². The Bertz CT molecular complexity index is 968. The standard InChI is InChI=1S/C14H6F6N2/c15-5-2-3-1-4-7(9(17)6(3)11(19)13(5)21)10(18)12(20)14(22)8(4)16/h1-2H,21-22H2. The van der Waals surface area contributed by atoms with Gasteiger partial charge in [0.15, 0.2) is 23.3 Å². The molecule has 0 unspecified atom stereocenters. The van der Waals surface area contributed by atoms with Gasteiger partial charge in [0.05, 0.1) is 10.8 Å². The summed E-state index contributed by atoms with van der Waals surface area (Å²) in [7, 11) is 0. The van der Waals surface area contributed by atoms with Crippen LogP contribution in [0.15, 0.2) is 12.1 Å². The van der Waals surface area contributed by atoms with Crippen LogP contribution in [0.25, 0.3) is 21.5 Å². The fraction of sp³-hybridized carbons (Fsp3) is 0. The molecule has 0 aliphatic heterocycles. The SMILES string of the molecule is Nc1c(F)c(F)c2c(F)c3c(F)c(N)c(F)cc3cc2c1F. The number of anilines is 2. The Morgan fingerprint density at radius 2 is 1.23 bits per heavy atom. The van der Waals surface area contributed by atoms with Gasteiger partial charge in [-0.15, -0.1) is 0 Å². The molecule has 0 aliphatic carbocycles. The van der Waals surface area contributed by atoms with Crippen molar-refractivity contribution in [1.82, 2.24) is 0 Å². The van der Waals surface area contributed by atoms with Crippen LogP contribution in [0, 0.1) is 34.9 Å². The number of benzene rings is 3. The highest BCUT2D eigenvalue weighted by molar-refractivity contribution is 6.02. The molecule has 8 heteroatoms. The van der Waals surface area contributed by atoms with E-state index in [0.717, 1.165) is 6.07 Å². The minimum atomic E-state index is -1.79. The van der Waals surface area contributed by atoms with Gasteiger partial charge in [0, 0.05) is 5.39 Å². The van der Waals surface area contributed by atoms with Gasteiger partial charge in [-0.2, -0.15) is 0 Å². The Balaban J connectivity index is 2.68. The molecule has 0 atom stereocenters. The zero-order valence-electron chi connectivity index (χ0n) is 10.6. The predicted molar refractivity (Wildman–Crippen MR) is 70.0 cm³/mol. The normalized spacial score (nSPS) is 11.5. The maximum Gasteiger partial charge on any atom is 0.185 e. The fourth-order valence-electron chi connectivity index (χ4n) is 2.32. The molecule has 0 saturated heterocycles. The van der Waals surface area contributed by atoms with E-state index in [1.807, 2.05) is 0 Å². The van der Waals surface area contributed by atoms with Gasteiger partial charge in [0.1, 0.15) is 23.0 Å². The predicted octanol–water partition coefficient (Wildman–Crippen LogP) is 3.99. The first-order chi connectivity index (χ1) is 10.3. The Labute approximate surface area is 118 Å². The van der Waals surface area contributed by atoms with Crippen molar-refractivity contribution in [2.45, 2.75) is 0 Å². The van der Waals surface area contributed by atoms with Crippen LogP contribution in [0.5, 0.6) is 0 Å². The second-order valence-electron chi connectivity index (χ2n) is 4.65. The van der Waals surface area contributed by atoms with Gasteiger partial charge in [-0.05, 0) is 17.5 Å². The second-order valence-corrected chi connectivity index (χ2v) is 4.65. The summed E-state index contributed by atoms with van der Waals surface area (Å²) in [6.07, 6.45) is 0. The lowest BCUT2D eigenvalue weighted by atomic mass is 9.99. The third-order valence-electron chi connectivity index (χ3n) is 3.41. The summed E-state index contributed by atoms with van der Waals surface area (Å²) in [5.41, 5.74) is 8.01. The van der Waals surface area contributed by atoms with E-state index in [-0.39, 0.29) is 0 Å². The third-order valence-corrected chi connectivity index (χ3v) is 3.41. The molecule has 0 aromatic heterocycles. The minimum Gasteiger partial charge on any atom is -0.394 e. The zero-order chi connectivity index (χ0) is 16.3. The highest BCUT2D eigenvalue weighted by Gasteiger charge is 2.25. The first kappa shape index (κ1) is 14.3. The van der Waals surface area contributed by atoms with E-state index in [1.165, 1.54) is 0 Å². The number of hydrogen-bond acceptors (Lipinski definition) is 2. The highest BCUT2D eigenvalue weighted by Crippen LogP contribution is 2.37. The zero-order valence-corrected chi connectivity index (χ0v) is 10.6. The van der Waals surface area contributed by atoms with Crippen molar-refractivity contribution in [2.75, 3.05) is 11.5 Å². The van der Waals surface area contributed by atoms with Crippen LogP contribution in [0.2, 0.25) is 0 Å². The summed E-state index contributed by atoms with van der Waals surface area (Å²) in [6.45, 7) is 0. The largest absolute Gasteiger partial charge is 0.394 e. The summed E-state index contributed by atoms with van der Waals surface area (Å²) < 4.78 is 82.9. The highest BCUT2D eigenvalue weighted by atomic mass is 19.2. The molecule has 2 nitrogen and oxygen atoms in total. The molecule has 114 valence electrons. The Morgan fingerprint density at radius 1 is 0.591 bits per heavy atom. The summed E-state index contributed by atoms with van der Waals surface area (Å²) in [6, 6.07) is 1.43. The van der Waals surface area contributed by atoms with Crippen LogP contribution >= 0.6 is 0 Å². The van der Waals surface area contributed by atoms with Crippen molar-refractivity contribution < 1.29 is 26.3 Å². The van der Waals surface area contributed by atoms with E-state index in [2.05, 4.69) is 0 Å². The van der Waals surface area contributed by atoms with Gasteiger partial charge in [-0.3, -0.25) is 0 Å². The van der Waals surface area contributed by atoms with Gasteiger partial charge in [0.2, 0.25) is 0 Å². The number of hydrogen-bond donors (Lipinski definition) is 2. The molecule has 0 radical (unpaired) electrons. The number of fused-ring (bicyclic) bond motifs is 2. The van der Waals surface area contributed by atoms with Crippen LogP contribution in [-0.2, 0) is 0 Å². The first-order valence-electron chi connectivity index (χ1n) is 5.87. The van der Waals surface area contributed by atoms with Crippen molar-refractivity contribution in [2.24, 2.45) is 0 Å². The maximum absolute atomic E-state index is 14.4. The number of nitrogen functional groups attached to an aromatic ring is 2. The van der Waals surface area contributed by atoms with E-state index in [0.29, 0.717) is 6.07 Å². The first-order valence-corrected chi connectivity index (χ1v) is 5.87. The van der Waals surface area contributed by atoms with E-state index >= 15 is 0 Å². The molecule has 22 heavy (non-hydrogen) atoms. The Morgan fingerprint density at radius 3 is 1.86 bits per heavy atom. The second kappa shape index (κ2) is 4.43. The molecule has 0 aliphatic rings. The quantitative estimate of drug-likeness (QED) is 0.285. The van der Waals surface area contributed by atoms with Gasteiger partial charge in [-0.25, -0.2) is 26.3 Å². The lowest BCUT2D eigenvalue weighted by Gasteiger charge is -2.11. The van der Waals surface area contributed by atoms with Crippen molar-refractivity contribution in [1.29, 1.82) is 0 Å². The molecule has 4 N–H and O–H groups in total. The smallest absolute Gasteiger partial charge is 0.185 e. The lowest BCUT2D eigenvalue weighted by Crippen LogP contribution is -2.04. The fourth-order valence-corrected chi connectivity index (χ4v) is 2.32.